The molecule has 0 aromatic carbocycles. The van der Waals surface area contributed by atoms with Crippen LogP contribution in [0.15, 0.2) is 0 Å². The topological polar surface area (TPSA) is 26.3 Å². The van der Waals surface area contributed by atoms with E-state index in [1.165, 1.54) is 25.7 Å². The van der Waals surface area contributed by atoms with Crippen molar-refractivity contribution in [3.8, 4) is 0 Å². The van der Waals surface area contributed by atoms with Gasteiger partial charge in [-0.2, -0.15) is 0 Å². The SMILES string of the molecule is CCOC(=O)C1(C)[C@H]2CCCC[C@@H]21. The summed E-state index contributed by atoms with van der Waals surface area (Å²) in [5.74, 6) is 1.33. The van der Waals surface area contributed by atoms with E-state index >= 15 is 0 Å². The second-order valence-electron chi connectivity index (χ2n) is 4.50. The summed E-state index contributed by atoms with van der Waals surface area (Å²) >= 11 is 0. The summed E-state index contributed by atoms with van der Waals surface area (Å²) < 4.78 is 5.12. The summed E-state index contributed by atoms with van der Waals surface area (Å²) in [6, 6.07) is 0. The van der Waals surface area contributed by atoms with E-state index in [0.29, 0.717) is 18.4 Å². The van der Waals surface area contributed by atoms with Crippen LogP contribution in [0.3, 0.4) is 0 Å². The number of fused-ring (bicyclic) bond motifs is 1. The Kier molecular flexibility index (Phi) is 2.09. The average molecular weight is 182 g/mol. The van der Waals surface area contributed by atoms with Crippen LogP contribution < -0.4 is 0 Å². The standard InChI is InChI=1S/C11H18O2/c1-3-13-10(12)11(2)8-6-4-5-7-9(8)11/h8-9H,3-7H2,1-2H3/t8-,9-/m0/s1. The van der Waals surface area contributed by atoms with Gasteiger partial charge in [-0.3, -0.25) is 4.79 Å². The molecule has 2 rings (SSSR count). The smallest absolute Gasteiger partial charge is 0.312 e. The molecule has 0 bridgehead atoms. The fourth-order valence-corrected chi connectivity index (χ4v) is 3.02. The van der Waals surface area contributed by atoms with Gasteiger partial charge < -0.3 is 4.74 Å². The molecule has 13 heavy (non-hydrogen) atoms. The highest BCUT2D eigenvalue weighted by molar-refractivity contribution is 5.81. The summed E-state index contributed by atoms with van der Waals surface area (Å²) in [5, 5.41) is 0. The van der Waals surface area contributed by atoms with Crippen molar-refractivity contribution in [3.05, 3.63) is 0 Å². The maximum atomic E-state index is 11.7. The predicted molar refractivity (Wildman–Crippen MR) is 50.2 cm³/mol. The lowest BCUT2D eigenvalue weighted by atomic mass is 10.0. The van der Waals surface area contributed by atoms with E-state index in [-0.39, 0.29) is 11.4 Å². The molecule has 0 heterocycles. The maximum Gasteiger partial charge on any atom is 0.312 e. The first kappa shape index (κ1) is 9.04. The molecule has 0 aliphatic heterocycles. The lowest BCUT2D eigenvalue weighted by molar-refractivity contribution is -0.150. The molecule has 74 valence electrons. The van der Waals surface area contributed by atoms with Gasteiger partial charge in [0.15, 0.2) is 0 Å². The highest BCUT2D eigenvalue weighted by Gasteiger charge is 2.66. The molecule has 0 radical (unpaired) electrons. The quantitative estimate of drug-likeness (QED) is 0.613. The van der Waals surface area contributed by atoms with Crippen molar-refractivity contribution < 1.29 is 9.53 Å². The molecule has 0 saturated heterocycles. The molecular formula is C11H18O2. The third-order valence-electron chi connectivity index (χ3n) is 3.91. The zero-order valence-electron chi connectivity index (χ0n) is 8.51. The van der Waals surface area contributed by atoms with Gasteiger partial charge in [0.2, 0.25) is 0 Å². The Labute approximate surface area is 79.7 Å². The van der Waals surface area contributed by atoms with Gasteiger partial charge in [-0.05, 0) is 38.5 Å². The van der Waals surface area contributed by atoms with Gasteiger partial charge >= 0.3 is 5.97 Å². The number of ether oxygens (including phenoxy) is 1. The van der Waals surface area contributed by atoms with Crippen LogP contribution in [0.1, 0.15) is 39.5 Å². The van der Waals surface area contributed by atoms with E-state index in [1.54, 1.807) is 0 Å². The van der Waals surface area contributed by atoms with Crippen LogP contribution in [-0.2, 0) is 9.53 Å². The molecule has 2 atom stereocenters. The van der Waals surface area contributed by atoms with Crippen LogP contribution in [0.4, 0.5) is 0 Å². The number of carbonyl (C=O) groups is 1. The highest BCUT2D eigenvalue weighted by Crippen LogP contribution is 2.65. The van der Waals surface area contributed by atoms with Crippen molar-refractivity contribution in [2.24, 2.45) is 17.3 Å². The Balaban J connectivity index is 2.02. The molecule has 2 aliphatic rings. The van der Waals surface area contributed by atoms with Crippen molar-refractivity contribution in [1.29, 1.82) is 0 Å². The van der Waals surface area contributed by atoms with E-state index in [0.717, 1.165) is 0 Å². The van der Waals surface area contributed by atoms with Gasteiger partial charge in [0.25, 0.3) is 0 Å². The molecule has 0 aromatic heterocycles. The molecule has 2 nitrogen and oxygen atoms in total. The summed E-state index contributed by atoms with van der Waals surface area (Å²) in [6.07, 6.45) is 5.08. The van der Waals surface area contributed by atoms with Crippen molar-refractivity contribution in [1.82, 2.24) is 0 Å². The Hall–Kier alpha value is -0.530. The Morgan fingerprint density at radius 3 is 2.38 bits per heavy atom. The van der Waals surface area contributed by atoms with Gasteiger partial charge in [0.05, 0.1) is 12.0 Å². The largest absolute Gasteiger partial charge is 0.466 e. The second-order valence-corrected chi connectivity index (χ2v) is 4.50. The van der Waals surface area contributed by atoms with Crippen molar-refractivity contribution in [2.75, 3.05) is 6.61 Å². The summed E-state index contributed by atoms with van der Waals surface area (Å²) in [7, 11) is 0. The van der Waals surface area contributed by atoms with Gasteiger partial charge in [0.1, 0.15) is 0 Å². The Morgan fingerprint density at radius 2 is 1.92 bits per heavy atom. The van der Waals surface area contributed by atoms with Gasteiger partial charge in [-0.25, -0.2) is 0 Å². The van der Waals surface area contributed by atoms with E-state index in [1.807, 2.05) is 6.92 Å². The van der Waals surface area contributed by atoms with Crippen LogP contribution in [-0.4, -0.2) is 12.6 Å². The van der Waals surface area contributed by atoms with E-state index in [4.69, 9.17) is 4.74 Å². The minimum Gasteiger partial charge on any atom is -0.466 e. The first-order chi connectivity index (χ1) is 6.21. The van der Waals surface area contributed by atoms with E-state index < -0.39 is 0 Å². The summed E-state index contributed by atoms with van der Waals surface area (Å²) in [5.41, 5.74) is -0.105. The van der Waals surface area contributed by atoms with Crippen LogP contribution in [0, 0.1) is 17.3 Å². The lowest BCUT2D eigenvalue weighted by Gasteiger charge is -2.09. The van der Waals surface area contributed by atoms with Gasteiger partial charge in [-0.15, -0.1) is 0 Å². The van der Waals surface area contributed by atoms with Crippen molar-refractivity contribution in [2.45, 2.75) is 39.5 Å². The first-order valence-corrected chi connectivity index (χ1v) is 5.38. The highest BCUT2D eigenvalue weighted by atomic mass is 16.5. The number of rotatable bonds is 2. The normalized spacial score (nSPS) is 42.3. The first-order valence-electron chi connectivity index (χ1n) is 5.38. The average Bonchev–Trinajstić information content (AvgIpc) is 2.76. The van der Waals surface area contributed by atoms with Crippen LogP contribution in [0.2, 0.25) is 0 Å². The minimum absolute atomic E-state index is 0.0481. The molecule has 0 amide bonds. The van der Waals surface area contributed by atoms with Crippen molar-refractivity contribution >= 4 is 5.97 Å². The Bertz CT molecular complexity index is 210. The molecule has 2 saturated carbocycles. The minimum atomic E-state index is -0.105. The van der Waals surface area contributed by atoms with Crippen molar-refractivity contribution in [3.63, 3.8) is 0 Å². The zero-order chi connectivity index (χ0) is 9.47. The number of carbonyl (C=O) groups excluding carboxylic acids is 1. The second kappa shape index (κ2) is 3.00. The van der Waals surface area contributed by atoms with E-state index in [2.05, 4.69) is 6.92 Å². The summed E-state index contributed by atoms with van der Waals surface area (Å²) in [6.45, 7) is 4.49. The van der Waals surface area contributed by atoms with Crippen LogP contribution >= 0.6 is 0 Å². The summed E-state index contributed by atoms with van der Waals surface area (Å²) in [4.78, 5) is 11.7. The fraction of sp³-hybridized carbons (Fsp3) is 0.909. The third kappa shape index (κ3) is 1.18. The molecule has 2 heteroatoms. The maximum absolute atomic E-state index is 11.7. The fourth-order valence-electron chi connectivity index (χ4n) is 3.02. The molecular weight excluding hydrogens is 164 g/mol. The molecule has 0 aromatic rings. The lowest BCUT2D eigenvalue weighted by Crippen LogP contribution is -2.19. The molecule has 0 unspecified atom stereocenters. The van der Waals surface area contributed by atoms with Crippen LogP contribution in [0.25, 0.3) is 0 Å². The number of esters is 1. The number of hydrogen-bond acceptors (Lipinski definition) is 2. The van der Waals surface area contributed by atoms with Gasteiger partial charge in [0, 0.05) is 0 Å². The Morgan fingerprint density at radius 1 is 1.38 bits per heavy atom. The molecule has 2 fully saturated rings. The number of hydrogen-bond donors (Lipinski definition) is 0. The molecule has 0 spiro atoms. The zero-order valence-corrected chi connectivity index (χ0v) is 8.51. The predicted octanol–water partition coefficient (Wildman–Crippen LogP) is 2.38. The van der Waals surface area contributed by atoms with Gasteiger partial charge in [-0.1, -0.05) is 12.8 Å². The van der Waals surface area contributed by atoms with E-state index in [9.17, 15) is 4.79 Å². The molecule has 2 aliphatic carbocycles. The monoisotopic (exact) mass is 182 g/mol. The third-order valence-corrected chi connectivity index (χ3v) is 3.91. The van der Waals surface area contributed by atoms with Crippen LogP contribution in [0.5, 0.6) is 0 Å². The molecule has 0 N–H and O–H groups in total.